The van der Waals surface area contributed by atoms with Crippen LogP contribution in [0.25, 0.3) is 5.69 Å². The lowest BCUT2D eigenvalue weighted by Gasteiger charge is -2.10. The second kappa shape index (κ2) is 6.01. The summed E-state index contributed by atoms with van der Waals surface area (Å²) in [7, 11) is 0. The van der Waals surface area contributed by atoms with Crippen LogP contribution in [-0.4, -0.2) is 25.2 Å². The van der Waals surface area contributed by atoms with E-state index < -0.39 is 0 Å². The molecule has 0 radical (unpaired) electrons. The largest absolute Gasteiger partial charge is 0.380 e. The lowest BCUT2D eigenvalue weighted by molar-refractivity contribution is 0.789. The molecule has 0 saturated heterocycles. The van der Waals surface area contributed by atoms with E-state index in [1.165, 1.54) is 15.4 Å². The van der Waals surface area contributed by atoms with Crippen molar-refractivity contribution >= 4 is 17.0 Å². The zero-order chi connectivity index (χ0) is 14.7. The highest BCUT2D eigenvalue weighted by atomic mass is 32.1. The molecule has 0 saturated carbocycles. The predicted octanol–water partition coefficient (Wildman–Crippen LogP) is 2.60. The van der Waals surface area contributed by atoms with Gasteiger partial charge in [-0.1, -0.05) is 13.0 Å². The van der Waals surface area contributed by atoms with Gasteiger partial charge in [-0.2, -0.15) is 0 Å². The maximum Gasteiger partial charge on any atom is 0.143 e. The SMILES string of the molecule is CCc1ncc(CNc2cc(-n3cnnn3)ccc2C)s1. The Kier molecular flexibility index (Phi) is 3.92. The zero-order valence-corrected chi connectivity index (χ0v) is 12.8. The smallest absolute Gasteiger partial charge is 0.143 e. The van der Waals surface area contributed by atoms with Gasteiger partial charge in [0, 0.05) is 16.8 Å². The Morgan fingerprint density at radius 1 is 1.33 bits per heavy atom. The molecule has 0 atom stereocenters. The van der Waals surface area contributed by atoms with E-state index in [9.17, 15) is 0 Å². The first-order chi connectivity index (χ1) is 10.3. The van der Waals surface area contributed by atoms with Gasteiger partial charge in [-0.3, -0.25) is 0 Å². The Balaban J connectivity index is 1.76. The zero-order valence-electron chi connectivity index (χ0n) is 11.9. The first-order valence-corrected chi connectivity index (χ1v) is 7.59. The number of nitrogens with zero attached hydrogens (tertiary/aromatic N) is 5. The third kappa shape index (κ3) is 3.08. The van der Waals surface area contributed by atoms with Crippen molar-refractivity contribution < 1.29 is 0 Å². The van der Waals surface area contributed by atoms with Crippen molar-refractivity contribution in [2.45, 2.75) is 26.8 Å². The molecule has 3 rings (SSSR count). The number of thiazole rings is 1. The third-order valence-electron chi connectivity index (χ3n) is 3.19. The van der Waals surface area contributed by atoms with Gasteiger partial charge in [0.25, 0.3) is 0 Å². The van der Waals surface area contributed by atoms with Crippen molar-refractivity contribution in [2.75, 3.05) is 5.32 Å². The minimum Gasteiger partial charge on any atom is -0.380 e. The van der Waals surface area contributed by atoms with Crippen LogP contribution < -0.4 is 5.32 Å². The van der Waals surface area contributed by atoms with Crippen LogP contribution in [0.2, 0.25) is 0 Å². The average molecular weight is 300 g/mol. The molecule has 0 aliphatic carbocycles. The fourth-order valence-corrected chi connectivity index (χ4v) is 2.80. The average Bonchev–Trinajstić information content (AvgIpc) is 3.18. The number of hydrogen-bond donors (Lipinski definition) is 1. The molecule has 3 aromatic rings. The van der Waals surface area contributed by atoms with E-state index in [1.54, 1.807) is 22.3 Å². The van der Waals surface area contributed by atoms with Crippen LogP contribution in [0, 0.1) is 6.92 Å². The van der Waals surface area contributed by atoms with E-state index >= 15 is 0 Å². The predicted molar refractivity (Wildman–Crippen MR) is 82.7 cm³/mol. The maximum atomic E-state index is 4.38. The number of tetrazole rings is 1. The topological polar surface area (TPSA) is 68.5 Å². The Bertz CT molecular complexity index is 719. The number of aryl methyl sites for hydroxylation is 2. The lowest BCUT2D eigenvalue weighted by Crippen LogP contribution is -2.02. The van der Waals surface area contributed by atoms with Crippen LogP contribution in [0.5, 0.6) is 0 Å². The molecule has 7 heteroatoms. The fourth-order valence-electron chi connectivity index (χ4n) is 2.00. The minimum atomic E-state index is 0.775. The monoisotopic (exact) mass is 300 g/mol. The molecule has 0 spiro atoms. The molecule has 0 aliphatic heterocycles. The molecule has 0 amide bonds. The second-order valence-electron chi connectivity index (χ2n) is 4.68. The summed E-state index contributed by atoms with van der Waals surface area (Å²) in [6.45, 7) is 4.98. The van der Waals surface area contributed by atoms with E-state index in [-0.39, 0.29) is 0 Å². The van der Waals surface area contributed by atoms with Crippen molar-refractivity contribution in [1.82, 2.24) is 25.2 Å². The van der Waals surface area contributed by atoms with E-state index in [1.807, 2.05) is 18.3 Å². The highest BCUT2D eigenvalue weighted by molar-refractivity contribution is 7.11. The van der Waals surface area contributed by atoms with Gasteiger partial charge in [0.15, 0.2) is 0 Å². The summed E-state index contributed by atoms with van der Waals surface area (Å²) in [5.41, 5.74) is 3.20. The maximum absolute atomic E-state index is 4.38. The van der Waals surface area contributed by atoms with Gasteiger partial charge in [0.2, 0.25) is 0 Å². The number of rotatable bonds is 5. The fraction of sp³-hybridized carbons (Fsp3) is 0.286. The number of benzene rings is 1. The molecule has 6 nitrogen and oxygen atoms in total. The molecule has 1 aromatic carbocycles. The number of nitrogens with one attached hydrogen (secondary N) is 1. The summed E-state index contributed by atoms with van der Waals surface area (Å²) in [6, 6.07) is 6.11. The highest BCUT2D eigenvalue weighted by Gasteiger charge is 2.05. The summed E-state index contributed by atoms with van der Waals surface area (Å²) in [6.07, 6.45) is 4.51. The number of aromatic nitrogens is 5. The van der Waals surface area contributed by atoms with Crippen molar-refractivity contribution in [3.05, 3.63) is 46.2 Å². The summed E-state index contributed by atoms with van der Waals surface area (Å²) in [5.74, 6) is 0. The van der Waals surface area contributed by atoms with E-state index in [2.05, 4.69) is 45.7 Å². The first-order valence-electron chi connectivity index (χ1n) is 6.77. The van der Waals surface area contributed by atoms with Crippen LogP contribution in [-0.2, 0) is 13.0 Å². The summed E-state index contributed by atoms with van der Waals surface area (Å²) in [5, 5.41) is 15.9. The Labute approximate surface area is 126 Å². The molecule has 108 valence electrons. The van der Waals surface area contributed by atoms with Crippen LogP contribution in [0.4, 0.5) is 5.69 Å². The Hall–Kier alpha value is -2.28. The number of anilines is 1. The molecule has 2 heterocycles. The minimum absolute atomic E-state index is 0.775. The van der Waals surface area contributed by atoms with Gasteiger partial charge in [-0.05, 0) is 41.5 Å². The quantitative estimate of drug-likeness (QED) is 0.784. The van der Waals surface area contributed by atoms with Crippen LogP contribution in [0.3, 0.4) is 0 Å². The van der Waals surface area contributed by atoms with Gasteiger partial charge in [0.1, 0.15) is 6.33 Å². The van der Waals surface area contributed by atoms with Crippen molar-refractivity contribution in [3.63, 3.8) is 0 Å². The molecule has 0 fully saturated rings. The molecule has 0 unspecified atom stereocenters. The number of hydrogen-bond acceptors (Lipinski definition) is 6. The first kappa shape index (κ1) is 13.7. The normalized spacial score (nSPS) is 10.8. The Morgan fingerprint density at radius 2 is 2.24 bits per heavy atom. The molecular weight excluding hydrogens is 284 g/mol. The van der Waals surface area contributed by atoms with Crippen molar-refractivity contribution in [2.24, 2.45) is 0 Å². The van der Waals surface area contributed by atoms with Crippen LogP contribution in [0.15, 0.2) is 30.7 Å². The third-order valence-corrected chi connectivity index (χ3v) is 4.33. The second-order valence-corrected chi connectivity index (χ2v) is 5.88. The van der Waals surface area contributed by atoms with Crippen molar-refractivity contribution in [3.8, 4) is 5.69 Å². The van der Waals surface area contributed by atoms with E-state index in [0.717, 1.165) is 24.3 Å². The van der Waals surface area contributed by atoms with Gasteiger partial charge in [0.05, 0.1) is 17.2 Å². The van der Waals surface area contributed by atoms with Gasteiger partial charge >= 0.3 is 0 Å². The van der Waals surface area contributed by atoms with Crippen molar-refractivity contribution in [1.29, 1.82) is 0 Å². The lowest BCUT2D eigenvalue weighted by atomic mass is 10.2. The summed E-state index contributed by atoms with van der Waals surface area (Å²) < 4.78 is 1.65. The molecular formula is C14H16N6S. The molecule has 0 aliphatic rings. The van der Waals surface area contributed by atoms with Gasteiger partial charge in [-0.15, -0.1) is 16.4 Å². The highest BCUT2D eigenvalue weighted by Crippen LogP contribution is 2.21. The van der Waals surface area contributed by atoms with E-state index in [4.69, 9.17) is 0 Å². The van der Waals surface area contributed by atoms with Crippen LogP contribution in [0.1, 0.15) is 22.4 Å². The summed E-state index contributed by atoms with van der Waals surface area (Å²) >= 11 is 1.75. The van der Waals surface area contributed by atoms with Crippen LogP contribution >= 0.6 is 11.3 Å². The Morgan fingerprint density at radius 3 is 2.95 bits per heavy atom. The summed E-state index contributed by atoms with van der Waals surface area (Å²) in [4.78, 5) is 5.61. The molecule has 2 aromatic heterocycles. The molecule has 1 N–H and O–H groups in total. The molecule has 21 heavy (non-hydrogen) atoms. The van der Waals surface area contributed by atoms with Gasteiger partial charge in [-0.25, -0.2) is 9.67 Å². The standard InChI is InChI=1S/C14H16N6S/c1-3-14-16-8-12(21-14)7-15-13-6-11(5-4-10(13)2)20-9-17-18-19-20/h4-6,8-9,15H,3,7H2,1-2H3. The van der Waals surface area contributed by atoms with Gasteiger partial charge < -0.3 is 5.32 Å². The molecule has 0 bridgehead atoms. The van der Waals surface area contributed by atoms with E-state index in [0.29, 0.717) is 0 Å².